The van der Waals surface area contributed by atoms with Crippen molar-refractivity contribution >= 4 is 17.7 Å². The topological polar surface area (TPSA) is 36.7 Å². The van der Waals surface area contributed by atoms with Gasteiger partial charge in [-0.25, -0.2) is 4.98 Å². The van der Waals surface area contributed by atoms with E-state index in [2.05, 4.69) is 4.98 Å². The number of nitriles is 1. The van der Waals surface area contributed by atoms with Gasteiger partial charge in [0, 0.05) is 12.3 Å². The highest BCUT2D eigenvalue weighted by atomic mass is 35.5. The first-order valence-corrected chi connectivity index (χ1v) is 3.38. The summed E-state index contributed by atoms with van der Waals surface area (Å²) < 4.78 is 0. The predicted octanol–water partition coefficient (Wildman–Crippen LogP) is 2.27. The van der Waals surface area contributed by atoms with Crippen molar-refractivity contribution in [2.75, 3.05) is 0 Å². The zero-order valence-electron chi connectivity index (χ0n) is 5.66. The maximum Gasteiger partial charge on any atom is 0.129 e. The van der Waals surface area contributed by atoms with Gasteiger partial charge < -0.3 is 0 Å². The molecule has 1 aromatic heterocycles. The minimum atomic E-state index is 0.458. The van der Waals surface area contributed by atoms with Crippen LogP contribution in [-0.2, 0) is 0 Å². The number of allylic oxidation sites excluding steroid dienone is 1. The molecule has 11 heavy (non-hydrogen) atoms. The fraction of sp³-hybridized carbons (Fsp3) is 0. The summed E-state index contributed by atoms with van der Waals surface area (Å²) >= 11 is 5.55. The largest absolute Gasteiger partial charge is 0.244 e. The Hall–Kier alpha value is -1.33. The van der Waals surface area contributed by atoms with E-state index in [-0.39, 0.29) is 0 Å². The van der Waals surface area contributed by atoms with Gasteiger partial charge in [0.1, 0.15) is 5.15 Å². The molecule has 0 spiro atoms. The predicted molar refractivity (Wildman–Crippen MR) is 43.9 cm³/mol. The minimum Gasteiger partial charge on any atom is -0.244 e. The zero-order valence-corrected chi connectivity index (χ0v) is 6.42. The molecule has 54 valence electrons. The molecule has 1 heterocycles. The lowest BCUT2D eigenvalue weighted by atomic mass is 10.3. The number of pyridine rings is 1. The Morgan fingerprint density at radius 2 is 2.36 bits per heavy atom. The molecule has 0 aliphatic carbocycles. The highest BCUT2D eigenvalue weighted by Gasteiger charge is 1.87. The highest BCUT2D eigenvalue weighted by Crippen LogP contribution is 2.05. The van der Waals surface area contributed by atoms with Crippen LogP contribution in [0.1, 0.15) is 5.56 Å². The van der Waals surface area contributed by atoms with Crippen molar-refractivity contribution in [3.05, 3.63) is 35.1 Å². The molecular weight excluding hydrogens is 160 g/mol. The number of aromatic nitrogens is 1. The van der Waals surface area contributed by atoms with Crippen LogP contribution >= 0.6 is 11.6 Å². The van der Waals surface area contributed by atoms with Crippen LogP contribution in [0.3, 0.4) is 0 Å². The van der Waals surface area contributed by atoms with Gasteiger partial charge in [0.25, 0.3) is 0 Å². The molecule has 0 aliphatic heterocycles. The van der Waals surface area contributed by atoms with Crippen molar-refractivity contribution < 1.29 is 0 Å². The smallest absolute Gasteiger partial charge is 0.129 e. The molecule has 0 aliphatic rings. The molecule has 0 unspecified atom stereocenters. The van der Waals surface area contributed by atoms with Gasteiger partial charge in [-0.1, -0.05) is 17.7 Å². The van der Waals surface area contributed by atoms with Crippen LogP contribution in [0.2, 0.25) is 5.15 Å². The lowest BCUT2D eigenvalue weighted by Crippen LogP contribution is -1.75. The monoisotopic (exact) mass is 164 g/mol. The zero-order chi connectivity index (χ0) is 8.10. The average molecular weight is 165 g/mol. The van der Waals surface area contributed by atoms with E-state index in [0.717, 1.165) is 5.56 Å². The van der Waals surface area contributed by atoms with Crippen molar-refractivity contribution in [1.82, 2.24) is 4.98 Å². The summed E-state index contributed by atoms with van der Waals surface area (Å²) in [6.45, 7) is 0. The molecule has 0 aromatic carbocycles. The van der Waals surface area contributed by atoms with E-state index in [0.29, 0.717) is 5.15 Å². The van der Waals surface area contributed by atoms with Gasteiger partial charge >= 0.3 is 0 Å². The summed E-state index contributed by atoms with van der Waals surface area (Å²) in [5.74, 6) is 0. The molecule has 1 aromatic rings. The van der Waals surface area contributed by atoms with E-state index < -0.39 is 0 Å². The van der Waals surface area contributed by atoms with Gasteiger partial charge in [0.05, 0.1) is 6.07 Å². The Labute approximate surface area is 69.8 Å². The molecule has 0 N–H and O–H groups in total. The number of halogens is 1. The van der Waals surface area contributed by atoms with Crippen LogP contribution in [-0.4, -0.2) is 4.98 Å². The van der Waals surface area contributed by atoms with E-state index >= 15 is 0 Å². The maximum atomic E-state index is 8.20. The average Bonchev–Trinajstić information content (AvgIpc) is 2.04. The highest BCUT2D eigenvalue weighted by molar-refractivity contribution is 6.29. The van der Waals surface area contributed by atoms with Gasteiger partial charge in [-0.15, -0.1) is 0 Å². The minimum absolute atomic E-state index is 0.458. The quantitative estimate of drug-likeness (QED) is 0.472. The van der Waals surface area contributed by atoms with Crippen molar-refractivity contribution in [2.24, 2.45) is 0 Å². The van der Waals surface area contributed by atoms with Crippen molar-refractivity contribution in [3.8, 4) is 6.07 Å². The van der Waals surface area contributed by atoms with Gasteiger partial charge in [-0.3, -0.25) is 0 Å². The van der Waals surface area contributed by atoms with Gasteiger partial charge in [-0.2, -0.15) is 5.26 Å². The summed E-state index contributed by atoms with van der Waals surface area (Å²) in [6, 6.07) is 5.36. The summed E-state index contributed by atoms with van der Waals surface area (Å²) in [5.41, 5.74) is 0.871. The van der Waals surface area contributed by atoms with Crippen molar-refractivity contribution in [2.45, 2.75) is 0 Å². The molecule has 0 bridgehead atoms. The SMILES string of the molecule is N#C/C=C\c1ccc(Cl)nc1. The molecule has 0 radical (unpaired) electrons. The number of rotatable bonds is 1. The molecule has 0 amide bonds. The molecule has 0 saturated carbocycles. The first kappa shape index (κ1) is 7.77. The lowest BCUT2D eigenvalue weighted by Gasteiger charge is -1.89. The van der Waals surface area contributed by atoms with Gasteiger partial charge in [-0.05, 0) is 17.7 Å². The second-order valence-corrected chi connectivity index (χ2v) is 2.26. The van der Waals surface area contributed by atoms with Crippen LogP contribution < -0.4 is 0 Å². The van der Waals surface area contributed by atoms with Crippen molar-refractivity contribution in [3.63, 3.8) is 0 Å². The fourth-order valence-electron chi connectivity index (χ4n) is 0.619. The van der Waals surface area contributed by atoms with E-state index in [1.54, 1.807) is 24.4 Å². The third-order valence-corrected chi connectivity index (χ3v) is 1.32. The van der Waals surface area contributed by atoms with Crippen LogP contribution in [0.4, 0.5) is 0 Å². The van der Waals surface area contributed by atoms with Crippen LogP contribution in [0.15, 0.2) is 24.4 Å². The Morgan fingerprint density at radius 1 is 1.55 bits per heavy atom. The Balaban J connectivity index is 2.84. The maximum absolute atomic E-state index is 8.20. The molecule has 0 fully saturated rings. The normalized spacial score (nSPS) is 9.82. The lowest BCUT2D eigenvalue weighted by molar-refractivity contribution is 1.32. The summed E-state index contributed by atoms with van der Waals surface area (Å²) in [7, 11) is 0. The second kappa shape index (κ2) is 3.75. The third-order valence-electron chi connectivity index (χ3n) is 1.10. The summed E-state index contributed by atoms with van der Waals surface area (Å²) in [6.07, 6.45) is 4.67. The third kappa shape index (κ3) is 2.40. The molecule has 0 saturated heterocycles. The Bertz CT molecular complexity index is 295. The van der Waals surface area contributed by atoms with E-state index in [1.807, 2.05) is 6.07 Å². The molecule has 0 atom stereocenters. The van der Waals surface area contributed by atoms with E-state index in [1.165, 1.54) is 6.08 Å². The van der Waals surface area contributed by atoms with Crippen LogP contribution in [0.5, 0.6) is 0 Å². The number of nitrogens with zero attached hydrogens (tertiary/aromatic N) is 2. The Kier molecular flexibility index (Phi) is 2.65. The van der Waals surface area contributed by atoms with Crippen LogP contribution in [0.25, 0.3) is 6.08 Å². The number of hydrogen-bond donors (Lipinski definition) is 0. The molecule has 1 rings (SSSR count). The second-order valence-electron chi connectivity index (χ2n) is 1.88. The molecule has 3 heteroatoms. The first-order valence-electron chi connectivity index (χ1n) is 3.00. The standard InChI is InChI=1S/C8H5ClN2/c9-8-4-3-7(6-11-8)2-1-5-10/h1-4,6H/b2-1-. The Morgan fingerprint density at radius 3 is 2.91 bits per heavy atom. The van der Waals surface area contributed by atoms with Crippen LogP contribution in [0, 0.1) is 11.3 Å². The van der Waals surface area contributed by atoms with Gasteiger partial charge in [0.15, 0.2) is 0 Å². The molecule has 2 nitrogen and oxygen atoms in total. The van der Waals surface area contributed by atoms with E-state index in [4.69, 9.17) is 16.9 Å². The van der Waals surface area contributed by atoms with Gasteiger partial charge in [0.2, 0.25) is 0 Å². The van der Waals surface area contributed by atoms with Crippen molar-refractivity contribution in [1.29, 1.82) is 5.26 Å². The summed E-state index contributed by atoms with van der Waals surface area (Å²) in [5, 5.41) is 8.66. The molecular formula is C8H5ClN2. The van der Waals surface area contributed by atoms with E-state index in [9.17, 15) is 0 Å². The fourth-order valence-corrected chi connectivity index (χ4v) is 0.731. The summed E-state index contributed by atoms with van der Waals surface area (Å²) in [4.78, 5) is 3.84. The number of hydrogen-bond acceptors (Lipinski definition) is 2. The first-order chi connectivity index (χ1) is 5.33.